The van der Waals surface area contributed by atoms with Crippen molar-refractivity contribution in [3.05, 3.63) is 29.8 Å². The van der Waals surface area contributed by atoms with Crippen molar-refractivity contribution in [1.29, 1.82) is 0 Å². The lowest BCUT2D eigenvalue weighted by Gasteiger charge is -2.15. The van der Waals surface area contributed by atoms with Gasteiger partial charge >= 0.3 is 0 Å². The van der Waals surface area contributed by atoms with E-state index in [2.05, 4.69) is 5.32 Å². The summed E-state index contributed by atoms with van der Waals surface area (Å²) in [6.45, 7) is 5.02. The molecule has 1 amide bonds. The molecule has 0 radical (unpaired) electrons. The summed E-state index contributed by atoms with van der Waals surface area (Å²) in [5, 5.41) is 2.83. The summed E-state index contributed by atoms with van der Waals surface area (Å²) < 4.78 is 30.1. The van der Waals surface area contributed by atoms with Crippen molar-refractivity contribution in [2.24, 2.45) is 0 Å². The molecular formula is C17H28N2O4S. The summed E-state index contributed by atoms with van der Waals surface area (Å²) in [6, 6.07) is 7.71. The fourth-order valence-corrected chi connectivity index (χ4v) is 3.08. The number of hydrogen-bond donors (Lipinski definition) is 1. The molecule has 0 aliphatic rings. The third-order valence-electron chi connectivity index (χ3n) is 3.71. The minimum absolute atomic E-state index is 0.0395. The molecule has 6 nitrogen and oxygen atoms in total. The predicted octanol–water partition coefficient (Wildman–Crippen LogP) is 1.81. The highest BCUT2D eigenvalue weighted by molar-refractivity contribution is 7.89. The van der Waals surface area contributed by atoms with Crippen LogP contribution in [0.4, 0.5) is 0 Å². The van der Waals surface area contributed by atoms with E-state index in [1.165, 1.54) is 4.31 Å². The van der Waals surface area contributed by atoms with Gasteiger partial charge in [-0.3, -0.25) is 4.79 Å². The van der Waals surface area contributed by atoms with Gasteiger partial charge in [0.1, 0.15) is 5.75 Å². The Bertz CT molecular complexity index is 617. The second kappa shape index (κ2) is 10.3. The van der Waals surface area contributed by atoms with Crippen molar-refractivity contribution in [3.63, 3.8) is 0 Å². The first-order valence-electron chi connectivity index (χ1n) is 8.32. The third-order valence-corrected chi connectivity index (χ3v) is 5.57. The maximum absolute atomic E-state index is 11.9. The van der Waals surface area contributed by atoms with Gasteiger partial charge in [0.25, 0.3) is 0 Å². The molecule has 0 fully saturated rings. The highest BCUT2D eigenvalue weighted by atomic mass is 32.2. The number of sulfonamides is 1. The number of carbonyl (C=O) groups excluding carboxylic acids is 1. The number of nitrogens with zero attached hydrogens (tertiary/aromatic N) is 1. The van der Waals surface area contributed by atoms with Crippen LogP contribution in [0.2, 0.25) is 0 Å². The van der Waals surface area contributed by atoms with Crippen LogP contribution < -0.4 is 10.1 Å². The number of ether oxygens (including phenoxy) is 1. The van der Waals surface area contributed by atoms with Crippen LogP contribution in [-0.4, -0.2) is 51.1 Å². The molecule has 0 saturated heterocycles. The van der Waals surface area contributed by atoms with E-state index in [1.807, 2.05) is 31.2 Å². The van der Waals surface area contributed by atoms with Crippen molar-refractivity contribution in [2.75, 3.05) is 32.5 Å². The summed E-state index contributed by atoms with van der Waals surface area (Å²) in [7, 11) is -1.59. The monoisotopic (exact) mass is 356 g/mol. The van der Waals surface area contributed by atoms with Crippen molar-refractivity contribution >= 4 is 15.9 Å². The van der Waals surface area contributed by atoms with Gasteiger partial charge in [-0.25, -0.2) is 12.7 Å². The van der Waals surface area contributed by atoms with E-state index in [-0.39, 0.29) is 11.7 Å². The lowest BCUT2D eigenvalue weighted by atomic mass is 10.1. The Kier molecular flexibility index (Phi) is 8.78. The SMILES string of the molecule is CCOc1ccccc1CCC(=O)NCCCN(C)S(=O)(=O)CC. The number of amides is 1. The van der Waals surface area contributed by atoms with Crippen LogP contribution in [0, 0.1) is 0 Å². The average Bonchev–Trinajstić information content (AvgIpc) is 2.58. The molecule has 7 heteroatoms. The molecular weight excluding hydrogens is 328 g/mol. The quantitative estimate of drug-likeness (QED) is 0.614. The standard InChI is InChI=1S/C17H28N2O4S/c1-4-23-16-10-7-6-9-15(16)11-12-17(20)18-13-8-14-19(3)24(21,22)5-2/h6-7,9-10H,4-5,8,11-14H2,1-3H3,(H,18,20). The Morgan fingerprint density at radius 2 is 1.96 bits per heavy atom. The van der Waals surface area contributed by atoms with Crippen molar-refractivity contribution in [2.45, 2.75) is 33.1 Å². The van der Waals surface area contributed by atoms with Gasteiger partial charge in [0.15, 0.2) is 0 Å². The maximum Gasteiger partial charge on any atom is 0.220 e. The third kappa shape index (κ3) is 6.88. The highest BCUT2D eigenvalue weighted by Crippen LogP contribution is 2.19. The fraction of sp³-hybridized carbons (Fsp3) is 0.588. The summed E-state index contributed by atoms with van der Waals surface area (Å²) >= 11 is 0. The fourth-order valence-electron chi connectivity index (χ4n) is 2.23. The zero-order valence-electron chi connectivity index (χ0n) is 14.7. The molecule has 0 heterocycles. The molecule has 0 saturated carbocycles. The molecule has 0 atom stereocenters. The molecule has 0 bridgehead atoms. The molecule has 1 rings (SSSR count). The van der Waals surface area contributed by atoms with Crippen LogP contribution in [0.1, 0.15) is 32.3 Å². The minimum Gasteiger partial charge on any atom is -0.494 e. The number of hydrogen-bond acceptors (Lipinski definition) is 4. The predicted molar refractivity (Wildman–Crippen MR) is 95.6 cm³/mol. The van der Waals surface area contributed by atoms with Crippen molar-refractivity contribution in [1.82, 2.24) is 9.62 Å². The topological polar surface area (TPSA) is 75.7 Å². The normalized spacial score (nSPS) is 11.5. The summed E-state index contributed by atoms with van der Waals surface area (Å²) in [6.07, 6.45) is 1.59. The first-order valence-corrected chi connectivity index (χ1v) is 9.93. The summed E-state index contributed by atoms with van der Waals surface area (Å²) in [4.78, 5) is 11.9. The lowest BCUT2D eigenvalue weighted by Crippen LogP contribution is -2.32. The van der Waals surface area contributed by atoms with Gasteiger partial charge in [0.05, 0.1) is 12.4 Å². The Morgan fingerprint density at radius 1 is 1.25 bits per heavy atom. The Morgan fingerprint density at radius 3 is 2.62 bits per heavy atom. The second-order valence-corrected chi connectivity index (χ2v) is 7.83. The molecule has 0 unspecified atom stereocenters. The van der Waals surface area contributed by atoms with E-state index < -0.39 is 10.0 Å². The van der Waals surface area contributed by atoms with E-state index >= 15 is 0 Å². The Labute approximate surface area is 145 Å². The molecule has 0 aromatic heterocycles. The second-order valence-electron chi connectivity index (χ2n) is 5.47. The molecule has 136 valence electrons. The number of rotatable bonds is 11. The van der Waals surface area contributed by atoms with Crippen LogP contribution in [-0.2, 0) is 21.2 Å². The van der Waals surface area contributed by atoms with E-state index in [4.69, 9.17) is 4.74 Å². The Balaban J connectivity index is 2.30. The molecule has 0 aliphatic heterocycles. The van der Waals surface area contributed by atoms with Gasteiger partial charge < -0.3 is 10.1 Å². The van der Waals surface area contributed by atoms with Crippen LogP contribution in [0.25, 0.3) is 0 Å². The number of aryl methyl sites for hydroxylation is 1. The summed E-state index contributed by atoms with van der Waals surface area (Å²) in [5.41, 5.74) is 1.02. The smallest absolute Gasteiger partial charge is 0.220 e. The van der Waals surface area contributed by atoms with E-state index in [1.54, 1.807) is 14.0 Å². The molecule has 0 spiro atoms. The van der Waals surface area contributed by atoms with Crippen LogP contribution in [0.5, 0.6) is 5.75 Å². The molecule has 24 heavy (non-hydrogen) atoms. The molecule has 0 aliphatic carbocycles. The zero-order valence-corrected chi connectivity index (χ0v) is 15.6. The van der Waals surface area contributed by atoms with Gasteiger partial charge in [0, 0.05) is 26.6 Å². The average molecular weight is 356 g/mol. The molecule has 1 N–H and O–H groups in total. The molecule has 1 aromatic rings. The highest BCUT2D eigenvalue weighted by Gasteiger charge is 2.14. The van der Waals surface area contributed by atoms with Gasteiger partial charge in [-0.2, -0.15) is 0 Å². The molecule has 1 aromatic carbocycles. The number of para-hydroxylation sites is 1. The minimum atomic E-state index is -3.15. The van der Waals surface area contributed by atoms with Crippen LogP contribution >= 0.6 is 0 Å². The van der Waals surface area contributed by atoms with Gasteiger partial charge in [-0.1, -0.05) is 18.2 Å². The van der Waals surface area contributed by atoms with E-state index in [9.17, 15) is 13.2 Å². The maximum atomic E-state index is 11.9. The lowest BCUT2D eigenvalue weighted by molar-refractivity contribution is -0.121. The van der Waals surface area contributed by atoms with Crippen LogP contribution in [0.3, 0.4) is 0 Å². The van der Waals surface area contributed by atoms with Crippen molar-refractivity contribution < 1.29 is 17.9 Å². The van der Waals surface area contributed by atoms with Gasteiger partial charge in [0.2, 0.25) is 15.9 Å². The van der Waals surface area contributed by atoms with E-state index in [0.717, 1.165) is 11.3 Å². The number of benzene rings is 1. The number of carbonyl (C=O) groups is 1. The first-order chi connectivity index (χ1) is 11.4. The van der Waals surface area contributed by atoms with Gasteiger partial charge in [-0.05, 0) is 38.3 Å². The van der Waals surface area contributed by atoms with Crippen molar-refractivity contribution in [3.8, 4) is 5.75 Å². The Hall–Kier alpha value is -1.60. The van der Waals surface area contributed by atoms with Crippen LogP contribution in [0.15, 0.2) is 24.3 Å². The first kappa shape index (κ1) is 20.4. The zero-order chi connectivity index (χ0) is 18.0. The van der Waals surface area contributed by atoms with Gasteiger partial charge in [-0.15, -0.1) is 0 Å². The largest absolute Gasteiger partial charge is 0.494 e. The number of nitrogens with one attached hydrogen (secondary N) is 1. The summed E-state index contributed by atoms with van der Waals surface area (Å²) in [5.74, 6) is 0.872. The van der Waals surface area contributed by atoms with E-state index in [0.29, 0.717) is 39.0 Å².